The maximum atomic E-state index is 12.2. The maximum absolute atomic E-state index is 12.2. The minimum atomic E-state index is -0.688. The van der Waals surface area contributed by atoms with Gasteiger partial charge in [0.1, 0.15) is 6.04 Å². The van der Waals surface area contributed by atoms with E-state index in [-0.39, 0.29) is 18.4 Å². The van der Waals surface area contributed by atoms with E-state index in [2.05, 4.69) is 5.32 Å². The van der Waals surface area contributed by atoms with E-state index in [0.717, 1.165) is 0 Å². The molecule has 0 bridgehead atoms. The van der Waals surface area contributed by atoms with Crippen LogP contribution in [-0.2, 0) is 4.79 Å². The Kier molecular flexibility index (Phi) is 8.11. The third-order valence-electron chi connectivity index (χ3n) is 2.60. The number of carbonyl (C=O) groups excluding carboxylic acids is 2. The van der Waals surface area contributed by atoms with Crippen molar-refractivity contribution in [2.75, 3.05) is 19.7 Å². The summed E-state index contributed by atoms with van der Waals surface area (Å²) in [7, 11) is 0. The summed E-state index contributed by atoms with van der Waals surface area (Å²) in [6, 6.07) is -1.27. The summed E-state index contributed by atoms with van der Waals surface area (Å²) in [6.45, 7) is 6.91. The molecule has 0 saturated carbocycles. The molecule has 6 heteroatoms. The molecule has 106 valence electrons. The Morgan fingerprint density at radius 3 is 2.39 bits per heavy atom. The Morgan fingerprint density at radius 2 is 2.00 bits per heavy atom. The lowest BCUT2D eigenvalue weighted by Crippen LogP contribution is -2.50. The van der Waals surface area contributed by atoms with Crippen molar-refractivity contribution in [3.63, 3.8) is 0 Å². The van der Waals surface area contributed by atoms with E-state index in [0.29, 0.717) is 25.9 Å². The van der Waals surface area contributed by atoms with Gasteiger partial charge >= 0.3 is 6.03 Å². The highest BCUT2D eigenvalue weighted by Crippen LogP contribution is 2.08. The number of aliphatic hydroxyl groups excluding tert-OH is 1. The van der Waals surface area contributed by atoms with Crippen LogP contribution in [0.2, 0.25) is 0 Å². The first-order valence-corrected chi connectivity index (χ1v) is 6.37. The number of nitrogens with two attached hydrogens (primary N) is 1. The van der Waals surface area contributed by atoms with Crippen LogP contribution in [0.3, 0.4) is 0 Å². The molecule has 0 spiro atoms. The van der Waals surface area contributed by atoms with Gasteiger partial charge in [-0.1, -0.05) is 13.8 Å². The van der Waals surface area contributed by atoms with E-state index >= 15 is 0 Å². The third kappa shape index (κ3) is 6.44. The second-order valence-electron chi connectivity index (χ2n) is 4.69. The smallest absolute Gasteiger partial charge is 0.312 e. The molecule has 0 aliphatic carbocycles. The first-order chi connectivity index (χ1) is 8.42. The van der Waals surface area contributed by atoms with Crippen LogP contribution in [0.5, 0.6) is 0 Å². The predicted molar refractivity (Wildman–Crippen MR) is 69.9 cm³/mol. The normalized spacial score (nSPS) is 12.3. The third-order valence-corrected chi connectivity index (χ3v) is 2.60. The van der Waals surface area contributed by atoms with Gasteiger partial charge in [0.2, 0.25) is 5.91 Å². The van der Waals surface area contributed by atoms with Crippen LogP contribution < -0.4 is 11.1 Å². The average Bonchev–Trinajstić information content (AvgIpc) is 2.27. The standard InChI is InChI=1S/C12H25N3O3/c1-4-15(6-5-7-16)11(17)10(8-9(2)3)14-12(13)18/h9-10,16H,4-8H2,1-3H3,(H3,13,14,18). The molecule has 0 aliphatic rings. The Hall–Kier alpha value is -1.30. The molecule has 4 N–H and O–H groups in total. The van der Waals surface area contributed by atoms with Gasteiger partial charge in [-0.3, -0.25) is 4.79 Å². The summed E-state index contributed by atoms with van der Waals surface area (Å²) < 4.78 is 0. The number of nitrogens with zero attached hydrogens (tertiary/aromatic N) is 1. The van der Waals surface area contributed by atoms with Crippen molar-refractivity contribution in [3.05, 3.63) is 0 Å². The number of primary amides is 1. The molecule has 0 saturated heterocycles. The minimum absolute atomic E-state index is 0.0435. The van der Waals surface area contributed by atoms with Crippen molar-refractivity contribution in [1.82, 2.24) is 10.2 Å². The van der Waals surface area contributed by atoms with Gasteiger partial charge in [0.25, 0.3) is 0 Å². The monoisotopic (exact) mass is 259 g/mol. The predicted octanol–water partition coefficient (Wildman–Crippen LogP) is 0.300. The lowest BCUT2D eigenvalue weighted by atomic mass is 10.0. The molecule has 6 nitrogen and oxygen atoms in total. The van der Waals surface area contributed by atoms with Gasteiger partial charge in [-0.15, -0.1) is 0 Å². The Balaban J connectivity index is 4.62. The SMILES string of the molecule is CCN(CCCO)C(=O)C(CC(C)C)NC(N)=O. The van der Waals surface area contributed by atoms with E-state index in [9.17, 15) is 9.59 Å². The molecule has 0 radical (unpaired) electrons. The number of urea groups is 1. The summed E-state index contributed by atoms with van der Waals surface area (Å²) in [5, 5.41) is 11.3. The zero-order valence-electron chi connectivity index (χ0n) is 11.5. The number of hydrogen-bond donors (Lipinski definition) is 3. The fourth-order valence-electron chi connectivity index (χ4n) is 1.77. The number of hydrogen-bond acceptors (Lipinski definition) is 3. The zero-order chi connectivity index (χ0) is 14.1. The van der Waals surface area contributed by atoms with Crippen molar-refractivity contribution in [3.8, 4) is 0 Å². The van der Waals surface area contributed by atoms with Gasteiger partial charge in [-0.2, -0.15) is 0 Å². The van der Waals surface area contributed by atoms with Crippen LogP contribution >= 0.6 is 0 Å². The van der Waals surface area contributed by atoms with E-state index < -0.39 is 12.1 Å². The molecule has 0 aromatic heterocycles. The van der Waals surface area contributed by atoms with Crippen molar-refractivity contribution in [1.29, 1.82) is 0 Å². The Bertz CT molecular complexity index is 269. The average molecular weight is 259 g/mol. The lowest BCUT2D eigenvalue weighted by molar-refractivity contribution is -0.133. The van der Waals surface area contributed by atoms with Crippen LogP contribution in [0.15, 0.2) is 0 Å². The highest BCUT2D eigenvalue weighted by molar-refractivity contribution is 5.86. The van der Waals surface area contributed by atoms with Crippen LogP contribution in [0.1, 0.15) is 33.6 Å². The molecular weight excluding hydrogens is 234 g/mol. The Morgan fingerprint density at radius 1 is 1.39 bits per heavy atom. The van der Waals surface area contributed by atoms with Crippen molar-refractivity contribution >= 4 is 11.9 Å². The minimum Gasteiger partial charge on any atom is -0.396 e. The van der Waals surface area contributed by atoms with Gasteiger partial charge in [-0.25, -0.2) is 4.79 Å². The summed E-state index contributed by atoms with van der Waals surface area (Å²) in [5.74, 6) is 0.140. The highest BCUT2D eigenvalue weighted by atomic mass is 16.3. The van der Waals surface area contributed by atoms with Crippen molar-refractivity contribution in [2.45, 2.75) is 39.7 Å². The van der Waals surface area contributed by atoms with Gasteiger partial charge in [0.15, 0.2) is 0 Å². The molecule has 0 heterocycles. The van der Waals surface area contributed by atoms with Crippen LogP contribution in [0, 0.1) is 5.92 Å². The number of likely N-dealkylation sites (N-methyl/N-ethyl adjacent to an activating group) is 1. The van der Waals surface area contributed by atoms with E-state index in [1.54, 1.807) is 4.90 Å². The van der Waals surface area contributed by atoms with E-state index in [1.807, 2.05) is 20.8 Å². The first kappa shape index (κ1) is 16.7. The lowest BCUT2D eigenvalue weighted by Gasteiger charge is -2.27. The topological polar surface area (TPSA) is 95.7 Å². The van der Waals surface area contributed by atoms with Gasteiger partial charge in [0.05, 0.1) is 0 Å². The largest absolute Gasteiger partial charge is 0.396 e. The summed E-state index contributed by atoms with van der Waals surface area (Å²) in [5.41, 5.74) is 5.09. The molecule has 0 aromatic rings. The summed E-state index contributed by atoms with van der Waals surface area (Å²) in [6.07, 6.45) is 1.09. The van der Waals surface area contributed by atoms with Gasteiger partial charge in [0, 0.05) is 19.7 Å². The highest BCUT2D eigenvalue weighted by Gasteiger charge is 2.24. The Labute approximate surface area is 109 Å². The van der Waals surface area contributed by atoms with Crippen LogP contribution in [0.25, 0.3) is 0 Å². The fourth-order valence-corrected chi connectivity index (χ4v) is 1.77. The molecule has 0 rings (SSSR count). The quantitative estimate of drug-likeness (QED) is 0.585. The summed E-state index contributed by atoms with van der Waals surface area (Å²) >= 11 is 0. The summed E-state index contributed by atoms with van der Waals surface area (Å²) in [4.78, 5) is 24.8. The number of amides is 3. The molecule has 1 atom stereocenters. The van der Waals surface area contributed by atoms with Crippen molar-refractivity contribution < 1.29 is 14.7 Å². The van der Waals surface area contributed by atoms with Gasteiger partial charge in [-0.05, 0) is 25.7 Å². The number of nitrogens with one attached hydrogen (secondary N) is 1. The first-order valence-electron chi connectivity index (χ1n) is 6.37. The van der Waals surface area contributed by atoms with Crippen LogP contribution in [0.4, 0.5) is 4.79 Å². The molecule has 18 heavy (non-hydrogen) atoms. The molecule has 3 amide bonds. The molecule has 0 aromatic carbocycles. The second-order valence-corrected chi connectivity index (χ2v) is 4.69. The second kappa shape index (κ2) is 8.74. The molecular formula is C12H25N3O3. The van der Waals surface area contributed by atoms with Crippen molar-refractivity contribution in [2.24, 2.45) is 11.7 Å². The number of aliphatic hydroxyl groups is 1. The molecule has 0 aliphatic heterocycles. The van der Waals surface area contributed by atoms with Crippen LogP contribution in [-0.4, -0.2) is 47.7 Å². The van der Waals surface area contributed by atoms with E-state index in [1.165, 1.54) is 0 Å². The maximum Gasteiger partial charge on any atom is 0.312 e. The molecule has 0 fully saturated rings. The molecule has 1 unspecified atom stereocenters. The van der Waals surface area contributed by atoms with Gasteiger partial charge < -0.3 is 21.1 Å². The van der Waals surface area contributed by atoms with E-state index in [4.69, 9.17) is 10.8 Å². The fraction of sp³-hybridized carbons (Fsp3) is 0.833. The zero-order valence-corrected chi connectivity index (χ0v) is 11.5. The number of rotatable bonds is 8. The number of carbonyl (C=O) groups is 2.